The van der Waals surface area contributed by atoms with Crippen molar-refractivity contribution in [1.82, 2.24) is 10.2 Å². The second-order valence-electron chi connectivity index (χ2n) is 5.24. The minimum atomic E-state index is -4.55. The van der Waals surface area contributed by atoms with Crippen LogP contribution in [0.15, 0.2) is 46.7 Å². The van der Waals surface area contributed by atoms with Crippen LogP contribution in [0.25, 0.3) is 10.6 Å². The molecule has 2 N–H and O–H groups in total. The van der Waals surface area contributed by atoms with Crippen LogP contribution in [0.2, 0.25) is 0 Å². The van der Waals surface area contributed by atoms with Crippen LogP contribution in [0.5, 0.6) is 0 Å². The number of anilines is 1. The van der Waals surface area contributed by atoms with Gasteiger partial charge in [0.2, 0.25) is 0 Å². The second kappa shape index (κ2) is 6.19. The molecule has 0 unspecified atom stereocenters. The molecule has 0 aliphatic heterocycles. The van der Waals surface area contributed by atoms with Crippen LogP contribution in [-0.2, 0) is 16.2 Å². The Morgan fingerprint density at radius 1 is 1.16 bits per heavy atom. The lowest BCUT2D eigenvalue weighted by atomic mass is 10.2. The molecule has 3 rings (SSSR count). The molecular weight excluding hydrogens is 375 g/mol. The Kier molecular flexibility index (Phi) is 4.33. The van der Waals surface area contributed by atoms with Crippen molar-refractivity contribution in [2.45, 2.75) is 17.3 Å². The minimum absolute atomic E-state index is 0.0134. The molecule has 5 nitrogen and oxygen atoms in total. The number of thiophene rings is 1. The van der Waals surface area contributed by atoms with Crippen LogP contribution in [-0.4, -0.2) is 18.6 Å². The molecule has 0 atom stereocenters. The zero-order valence-corrected chi connectivity index (χ0v) is 14.4. The number of benzene rings is 1. The molecular formula is C15H12F3N3O2S2. The maximum Gasteiger partial charge on any atom is 0.416 e. The molecule has 0 aliphatic rings. The van der Waals surface area contributed by atoms with Crippen LogP contribution in [0.4, 0.5) is 18.9 Å². The monoisotopic (exact) mass is 387 g/mol. The predicted molar refractivity (Wildman–Crippen MR) is 88.9 cm³/mol. The summed E-state index contributed by atoms with van der Waals surface area (Å²) < 4.78 is 65.2. The van der Waals surface area contributed by atoms with Gasteiger partial charge < -0.3 is 0 Å². The summed E-state index contributed by atoms with van der Waals surface area (Å²) in [7, 11) is -3.99. The van der Waals surface area contributed by atoms with Crippen molar-refractivity contribution in [1.29, 1.82) is 0 Å². The van der Waals surface area contributed by atoms with Gasteiger partial charge in [0, 0.05) is 11.4 Å². The molecule has 2 aromatic heterocycles. The van der Waals surface area contributed by atoms with Crippen molar-refractivity contribution in [2.75, 3.05) is 4.72 Å². The minimum Gasteiger partial charge on any atom is -0.282 e. The molecule has 0 bridgehead atoms. The van der Waals surface area contributed by atoms with Gasteiger partial charge in [0.1, 0.15) is 9.90 Å². The molecule has 0 spiro atoms. The zero-order valence-electron chi connectivity index (χ0n) is 12.8. The van der Waals surface area contributed by atoms with Crippen LogP contribution >= 0.6 is 11.3 Å². The maximum absolute atomic E-state index is 12.7. The summed E-state index contributed by atoms with van der Waals surface area (Å²) >= 11 is 0.980. The smallest absolute Gasteiger partial charge is 0.282 e. The number of nitrogens with one attached hydrogen (secondary N) is 2. The Morgan fingerprint density at radius 2 is 1.92 bits per heavy atom. The largest absolute Gasteiger partial charge is 0.416 e. The van der Waals surface area contributed by atoms with Crippen molar-refractivity contribution in [3.05, 3.63) is 53.7 Å². The highest BCUT2D eigenvalue weighted by atomic mass is 32.2. The number of hydrogen-bond acceptors (Lipinski definition) is 4. The van der Waals surface area contributed by atoms with Gasteiger partial charge in [-0.2, -0.15) is 18.3 Å². The van der Waals surface area contributed by atoms with Gasteiger partial charge in [-0.15, -0.1) is 11.3 Å². The van der Waals surface area contributed by atoms with E-state index >= 15 is 0 Å². The molecule has 0 fully saturated rings. The van der Waals surface area contributed by atoms with E-state index in [1.807, 2.05) is 6.92 Å². The fourth-order valence-corrected chi connectivity index (χ4v) is 4.43. The number of hydrogen-bond donors (Lipinski definition) is 2. The van der Waals surface area contributed by atoms with Crippen LogP contribution < -0.4 is 4.72 Å². The summed E-state index contributed by atoms with van der Waals surface area (Å²) in [5, 5.41) is 6.81. The number of aromatic amines is 1. The Bertz CT molecular complexity index is 1010. The van der Waals surface area contributed by atoms with E-state index in [1.165, 1.54) is 12.1 Å². The molecule has 0 saturated carbocycles. The zero-order chi connectivity index (χ0) is 18.2. The quantitative estimate of drug-likeness (QED) is 0.702. The maximum atomic E-state index is 12.7. The SMILES string of the molecule is Cc1cc(-c2ccc(S(=O)(=O)Nc3cccc(C(F)(F)F)c3)s2)n[nH]1. The van der Waals surface area contributed by atoms with E-state index in [1.54, 1.807) is 12.1 Å². The summed E-state index contributed by atoms with van der Waals surface area (Å²) in [5.74, 6) is 0. The first-order valence-electron chi connectivity index (χ1n) is 6.97. The molecule has 10 heteroatoms. The Hall–Kier alpha value is -2.33. The third kappa shape index (κ3) is 3.85. The fourth-order valence-electron chi connectivity index (χ4n) is 2.11. The molecule has 0 radical (unpaired) electrons. The van der Waals surface area contributed by atoms with E-state index in [0.717, 1.165) is 35.2 Å². The molecule has 3 aromatic rings. The number of alkyl halides is 3. The van der Waals surface area contributed by atoms with E-state index in [9.17, 15) is 21.6 Å². The van der Waals surface area contributed by atoms with Crippen molar-refractivity contribution in [3.8, 4) is 10.6 Å². The third-order valence-corrected chi connectivity index (χ3v) is 6.23. The highest BCUT2D eigenvalue weighted by molar-refractivity contribution is 7.94. The number of sulfonamides is 1. The highest BCUT2D eigenvalue weighted by Gasteiger charge is 2.30. The molecule has 2 heterocycles. The van der Waals surface area contributed by atoms with E-state index in [-0.39, 0.29) is 9.90 Å². The van der Waals surface area contributed by atoms with Crippen molar-refractivity contribution in [2.24, 2.45) is 0 Å². The van der Waals surface area contributed by atoms with Gasteiger partial charge in [-0.3, -0.25) is 9.82 Å². The van der Waals surface area contributed by atoms with Crippen molar-refractivity contribution < 1.29 is 21.6 Å². The van der Waals surface area contributed by atoms with Crippen LogP contribution in [0.3, 0.4) is 0 Å². The first kappa shape index (κ1) is 17.5. The van der Waals surface area contributed by atoms with Gasteiger partial charge in [0.15, 0.2) is 0 Å². The summed E-state index contributed by atoms with van der Waals surface area (Å²) in [5.41, 5.74) is 0.352. The Balaban J connectivity index is 1.87. The average Bonchev–Trinajstić information content (AvgIpc) is 3.15. The number of nitrogens with zero attached hydrogens (tertiary/aromatic N) is 1. The van der Waals surface area contributed by atoms with Gasteiger partial charge in [0.25, 0.3) is 10.0 Å². The van der Waals surface area contributed by atoms with Gasteiger partial charge in [0.05, 0.1) is 10.4 Å². The molecule has 0 saturated heterocycles. The Morgan fingerprint density at radius 3 is 2.56 bits per heavy atom. The second-order valence-corrected chi connectivity index (χ2v) is 8.23. The standard InChI is InChI=1S/C15H12F3N3O2S2/c1-9-7-12(20-19-9)13-5-6-14(24-13)25(22,23)21-11-4-2-3-10(8-11)15(16,17)18/h2-8,21H,1H3,(H,19,20). The molecule has 0 amide bonds. The average molecular weight is 387 g/mol. The number of halogens is 3. The summed E-state index contributed by atoms with van der Waals surface area (Å²) in [4.78, 5) is 0.633. The van der Waals surface area contributed by atoms with E-state index < -0.39 is 21.8 Å². The summed E-state index contributed by atoms with van der Waals surface area (Å²) in [6, 6.07) is 8.79. The predicted octanol–water partition coefficient (Wildman–Crippen LogP) is 4.27. The lowest BCUT2D eigenvalue weighted by molar-refractivity contribution is -0.137. The van der Waals surface area contributed by atoms with E-state index in [2.05, 4.69) is 14.9 Å². The number of H-pyrrole nitrogens is 1. The fraction of sp³-hybridized carbons (Fsp3) is 0.133. The number of aromatic nitrogens is 2. The normalized spacial score (nSPS) is 12.3. The third-order valence-electron chi connectivity index (χ3n) is 3.25. The van der Waals surface area contributed by atoms with Crippen molar-refractivity contribution >= 4 is 27.0 Å². The molecule has 132 valence electrons. The van der Waals surface area contributed by atoms with Gasteiger partial charge in [-0.05, 0) is 43.3 Å². The van der Waals surface area contributed by atoms with Gasteiger partial charge in [-0.25, -0.2) is 8.42 Å². The highest BCUT2D eigenvalue weighted by Crippen LogP contribution is 2.33. The van der Waals surface area contributed by atoms with Gasteiger partial charge in [-0.1, -0.05) is 6.07 Å². The number of aryl methyl sites for hydroxylation is 1. The van der Waals surface area contributed by atoms with Crippen LogP contribution in [0.1, 0.15) is 11.3 Å². The van der Waals surface area contributed by atoms with Gasteiger partial charge >= 0.3 is 6.18 Å². The molecule has 25 heavy (non-hydrogen) atoms. The van der Waals surface area contributed by atoms with E-state index in [4.69, 9.17) is 0 Å². The lowest BCUT2D eigenvalue weighted by Gasteiger charge is -2.10. The number of rotatable bonds is 4. The van der Waals surface area contributed by atoms with Crippen LogP contribution in [0, 0.1) is 6.92 Å². The first-order valence-corrected chi connectivity index (χ1v) is 9.27. The Labute approximate surface area is 145 Å². The topological polar surface area (TPSA) is 74.8 Å². The molecule has 1 aromatic carbocycles. The van der Waals surface area contributed by atoms with Crippen molar-refractivity contribution in [3.63, 3.8) is 0 Å². The van der Waals surface area contributed by atoms with E-state index in [0.29, 0.717) is 10.6 Å². The summed E-state index contributed by atoms with van der Waals surface area (Å²) in [6.07, 6.45) is -4.55. The first-order chi connectivity index (χ1) is 11.6. The molecule has 0 aliphatic carbocycles. The summed E-state index contributed by atoms with van der Waals surface area (Å²) in [6.45, 7) is 1.82. The lowest BCUT2D eigenvalue weighted by Crippen LogP contribution is -2.12.